The van der Waals surface area contributed by atoms with Gasteiger partial charge in [-0.25, -0.2) is 13.6 Å². The summed E-state index contributed by atoms with van der Waals surface area (Å²) in [5.74, 6) is -2.80. The topological polar surface area (TPSA) is 71.9 Å². The van der Waals surface area contributed by atoms with Crippen LogP contribution in [-0.2, 0) is 6.54 Å². The molecular formula is C12H7BrF2N2O3. The highest BCUT2D eigenvalue weighted by Crippen LogP contribution is 2.10. The Morgan fingerprint density at radius 3 is 2.60 bits per heavy atom. The van der Waals surface area contributed by atoms with Gasteiger partial charge >= 0.3 is 5.69 Å². The van der Waals surface area contributed by atoms with E-state index in [4.69, 9.17) is 0 Å². The largest absolute Gasteiger partial charge is 0.328 e. The third kappa shape index (κ3) is 2.90. The van der Waals surface area contributed by atoms with Gasteiger partial charge in [-0.1, -0.05) is 0 Å². The molecule has 0 saturated heterocycles. The van der Waals surface area contributed by atoms with E-state index < -0.39 is 35.2 Å². The number of hydrogen-bond acceptors (Lipinski definition) is 3. The van der Waals surface area contributed by atoms with Gasteiger partial charge in [-0.05, 0) is 34.1 Å². The smallest absolute Gasteiger partial charge is 0.292 e. The summed E-state index contributed by atoms with van der Waals surface area (Å²) in [6, 6.07) is 2.70. The number of carbonyl (C=O) groups is 1. The van der Waals surface area contributed by atoms with Crippen LogP contribution in [0.25, 0.3) is 0 Å². The summed E-state index contributed by atoms with van der Waals surface area (Å²) in [6.45, 7) is -0.403. The van der Waals surface area contributed by atoms with Gasteiger partial charge in [-0.2, -0.15) is 0 Å². The van der Waals surface area contributed by atoms with E-state index in [0.29, 0.717) is 0 Å². The summed E-state index contributed by atoms with van der Waals surface area (Å²) in [6.07, 6.45) is 1.15. The van der Waals surface area contributed by atoms with Crippen molar-refractivity contribution in [1.82, 2.24) is 9.55 Å². The first kappa shape index (κ1) is 14.3. The Morgan fingerprint density at radius 1 is 1.25 bits per heavy atom. The molecule has 0 fully saturated rings. The Hall–Kier alpha value is -2.09. The number of halogens is 3. The fraction of sp³-hybridized carbons (Fsp3) is 0.0833. The van der Waals surface area contributed by atoms with Gasteiger partial charge < -0.3 is 0 Å². The number of rotatable bonds is 3. The zero-order valence-electron chi connectivity index (χ0n) is 9.82. The molecule has 0 radical (unpaired) electrons. The second kappa shape index (κ2) is 5.49. The van der Waals surface area contributed by atoms with Crippen LogP contribution in [0.5, 0.6) is 0 Å². The van der Waals surface area contributed by atoms with E-state index in [9.17, 15) is 23.2 Å². The molecule has 104 valence electrons. The van der Waals surface area contributed by atoms with Gasteiger partial charge in [0, 0.05) is 11.8 Å². The Balaban J connectivity index is 2.32. The average molecular weight is 345 g/mol. The number of ketones is 1. The van der Waals surface area contributed by atoms with Crippen molar-refractivity contribution in [3.8, 4) is 0 Å². The van der Waals surface area contributed by atoms with Gasteiger partial charge in [-0.15, -0.1) is 0 Å². The Labute approximate surface area is 119 Å². The number of carbonyl (C=O) groups excluding carboxylic acids is 1. The zero-order valence-corrected chi connectivity index (χ0v) is 11.4. The fourth-order valence-corrected chi connectivity index (χ4v) is 1.86. The van der Waals surface area contributed by atoms with E-state index in [1.165, 1.54) is 0 Å². The van der Waals surface area contributed by atoms with E-state index in [1.54, 1.807) is 0 Å². The molecule has 0 spiro atoms. The number of nitrogens with one attached hydrogen (secondary N) is 1. The van der Waals surface area contributed by atoms with E-state index >= 15 is 0 Å². The first-order valence-corrected chi connectivity index (χ1v) is 6.15. The molecule has 1 aromatic carbocycles. The molecule has 0 aliphatic carbocycles. The fourth-order valence-electron chi connectivity index (χ4n) is 1.52. The first-order chi connectivity index (χ1) is 9.38. The highest BCUT2D eigenvalue weighted by molar-refractivity contribution is 9.10. The molecule has 1 N–H and O–H groups in total. The van der Waals surface area contributed by atoms with Crippen molar-refractivity contribution in [2.24, 2.45) is 0 Å². The summed E-state index contributed by atoms with van der Waals surface area (Å²) < 4.78 is 26.8. The molecule has 20 heavy (non-hydrogen) atoms. The lowest BCUT2D eigenvalue weighted by Crippen LogP contribution is -2.31. The van der Waals surface area contributed by atoms with Gasteiger partial charge in [0.2, 0.25) is 0 Å². The Morgan fingerprint density at radius 2 is 1.95 bits per heavy atom. The summed E-state index contributed by atoms with van der Waals surface area (Å²) in [5.41, 5.74) is -1.46. The maximum absolute atomic E-state index is 13.0. The normalized spacial score (nSPS) is 10.6. The molecule has 0 unspecified atom stereocenters. The minimum atomic E-state index is -1.15. The van der Waals surface area contributed by atoms with Crippen molar-refractivity contribution in [2.75, 3.05) is 0 Å². The van der Waals surface area contributed by atoms with E-state index in [-0.39, 0.29) is 10.0 Å². The molecule has 2 aromatic rings. The van der Waals surface area contributed by atoms with Crippen LogP contribution in [0.15, 0.2) is 38.5 Å². The predicted octanol–water partition coefficient (Wildman–Crippen LogP) is 1.46. The summed E-state index contributed by atoms with van der Waals surface area (Å²) in [5, 5.41) is 0. The third-order valence-electron chi connectivity index (χ3n) is 2.52. The molecule has 1 heterocycles. The maximum Gasteiger partial charge on any atom is 0.328 e. The second-order valence-corrected chi connectivity index (χ2v) is 4.77. The summed E-state index contributed by atoms with van der Waals surface area (Å²) >= 11 is 2.92. The van der Waals surface area contributed by atoms with Crippen LogP contribution in [0.1, 0.15) is 10.4 Å². The minimum absolute atomic E-state index is 0.0712. The van der Waals surface area contributed by atoms with Crippen LogP contribution >= 0.6 is 15.9 Å². The number of hydrogen-bond donors (Lipinski definition) is 1. The minimum Gasteiger partial charge on any atom is -0.292 e. The van der Waals surface area contributed by atoms with Crippen molar-refractivity contribution >= 4 is 21.7 Å². The Bertz CT molecular complexity index is 798. The number of Topliss-reactive ketones (excluding diaryl/α,β-unsaturated/α-hetero) is 1. The highest BCUT2D eigenvalue weighted by Gasteiger charge is 2.12. The highest BCUT2D eigenvalue weighted by atomic mass is 79.9. The maximum atomic E-state index is 13.0. The lowest BCUT2D eigenvalue weighted by molar-refractivity contribution is 0.0969. The van der Waals surface area contributed by atoms with Crippen molar-refractivity contribution in [3.05, 3.63) is 66.9 Å². The summed E-state index contributed by atoms with van der Waals surface area (Å²) in [4.78, 5) is 36.5. The number of aromatic nitrogens is 2. The van der Waals surface area contributed by atoms with Gasteiger partial charge in [0.15, 0.2) is 17.4 Å². The van der Waals surface area contributed by atoms with Gasteiger partial charge in [-0.3, -0.25) is 19.1 Å². The van der Waals surface area contributed by atoms with Crippen LogP contribution in [0, 0.1) is 11.6 Å². The number of benzene rings is 1. The van der Waals surface area contributed by atoms with Gasteiger partial charge in [0.1, 0.15) is 0 Å². The quantitative estimate of drug-likeness (QED) is 0.857. The van der Waals surface area contributed by atoms with E-state index in [0.717, 1.165) is 29.0 Å². The van der Waals surface area contributed by atoms with Gasteiger partial charge in [0.25, 0.3) is 5.56 Å². The van der Waals surface area contributed by atoms with E-state index in [2.05, 4.69) is 15.9 Å². The number of aromatic amines is 1. The van der Waals surface area contributed by atoms with Crippen molar-refractivity contribution in [2.45, 2.75) is 6.54 Å². The molecule has 0 aliphatic heterocycles. The third-order valence-corrected chi connectivity index (χ3v) is 3.09. The van der Waals surface area contributed by atoms with Crippen LogP contribution in [0.4, 0.5) is 8.78 Å². The average Bonchev–Trinajstić information content (AvgIpc) is 2.39. The van der Waals surface area contributed by atoms with Crippen LogP contribution in [0.2, 0.25) is 0 Å². The molecule has 1 aromatic heterocycles. The molecule has 0 bridgehead atoms. The summed E-state index contributed by atoms with van der Waals surface area (Å²) in [7, 11) is 0. The standard InChI is InChI=1S/C12H7BrF2N2O3/c13-7-4-17(12(20)16-11(7)19)5-10(18)6-1-2-8(14)9(15)3-6/h1-4H,5H2,(H,16,19,20). The first-order valence-electron chi connectivity index (χ1n) is 5.36. The number of nitrogens with zero attached hydrogens (tertiary/aromatic N) is 1. The van der Waals surface area contributed by atoms with Crippen molar-refractivity contribution in [3.63, 3.8) is 0 Å². The predicted molar refractivity (Wildman–Crippen MR) is 69.7 cm³/mol. The second-order valence-electron chi connectivity index (χ2n) is 3.92. The zero-order chi connectivity index (χ0) is 14.9. The molecule has 8 heteroatoms. The van der Waals surface area contributed by atoms with Crippen LogP contribution in [-0.4, -0.2) is 15.3 Å². The molecular weight excluding hydrogens is 338 g/mol. The molecule has 0 atom stereocenters. The molecule has 0 amide bonds. The van der Waals surface area contributed by atoms with E-state index in [1.807, 2.05) is 4.98 Å². The lowest BCUT2D eigenvalue weighted by atomic mass is 10.1. The number of H-pyrrole nitrogens is 1. The Kier molecular flexibility index (Phi) is 3.93. The van der Waals surface area contributed by atoms with Gasteiger partial charge in [0.05, 0.1) is 11.0 Å². The van der Waals surface area contributed by atoms with Crippen molar-refractivity contribution in [1.29, 1.82) is 0 Å². The van der Waals surface area contributed by atoms with Crippen LogP contribution < -0.4 is 11.2 Å². The lowest BCUT2D eigenvalue weighted by Gasteiger charge is -2.05. The SMILES string of the molecule is O=C(Cn1cc(Br)c(=O)[nH]c1=O)c1ccc(F)c(F)c1. The van der Waals surface area contributed by atoms with Crippen LogP contribution in [0.3, 0.4) is 0 Å². The molecule has 0 saturated carbocycles. The molecule has 2 rings (SSSR count). The molecule has 5 nitrogen and oxygen atoms in total. The molecule has 0 aliphatic rings. The van der Waals surface area contributed by atoms with Crippen molar-refractivity contribution < 1.29 is 13.6 Å². The monoisotopic (exact) mass is 344 g/mol.